The molecule has 0 bridgehead atoms. The van der Waals surface area contributed by atoms with Gasteiger partial charge >= 0.3 is 0 Å². The smallest absolute Gasteiger partial charge is 0.0264 e. The molecule has 0 aromatic heterocycles. The standard InChI is InChI=1S/C13H27N3/c1-11(2)8-12(14-3)9-13-10-15(4)6-7-16(13)5/h8,12-14H,6-7,9-10H2,1-5H3. The number of allylic oxidation sites excluding steroid dienone is 1. The molecule has 16 heavy (non-hydrogen) atoms. The maximum Gasteiger partial charge on any atom is 0.0264 e. The van der Waals surface area contributed by atoms with Gasteiger partial charge in [-0.1, -0.05) is 11.6 Å². The van der Waals surface area contributed by atoms with Crippen molar-refractivity contribution in [2.45, 2.75) is 32.4 Å². The van der Waals surface area contributed by atoms with Crippen LogP contribution >= 0.6 is 0 Å². The minimum Gasteiger partial charge on any atom is -0.313 e. The molecule has 2 atom stereocenters. The van der Waals surface area contributed by atoms with E-state index in [1.54, 1.807) is 0 Å². The van der Waals surface area contributed by atoms with Gasteiger partial charge in [-0.2, -0.15) is 0 Å². The van der Waals surface area contributed by atoms with Crippen molar-refractivity contribution >= 4 is 0 Å². The van der Waals surface area contributed by atoms with E-state index in [-0.39, 0.29) is 0 Å². The first-order valence-electron chi connectivity index (χ1n) is 6.24. The fourth-order valence-corrected chi connectivity index (χ4v) is 2.32. The molecule has 3 heteroatoms. The first-order valence-corrected chi connectivity index (χ1v) is 6.24. The Morgan fingerprint density at radius 2 is 2.06 bits per heavy atom. The average Bonchev–Trinajstić information content (AvgIpc) is 2.21. The molecule has 1 fully saturated rings. The van der Waals surface area contributed by atoms with Crippen molar-refractivity contribution in [1.29, 1.82) is 0 Å². The Kier molecular flexibility index (Phi) is 5.46. The van der Waals surface area contributed by atoms with E-state index in [1.807, 2.05) is 0 Å². The molecule has 0 aromatic carbocycles. The van der Waals surface area contributed by atoms with Gasteiger partial charge in [0.15, 0.2) is 0 Å². The van der Waals surface area contributed by atoms with E-state index in [9.17, 15) is 0 Å². The number of likely N-dealkylation sites (N-methyl/N-ethyl adjacent to an activating group) is 3. The second kappa shape index (κ2) is 6.38. The van der Waals surface area contributed by atoms with E-state index in [0.717, 1.165) is 0 Å². The summed E-state index contributed by atoms with van der Waals surface area (Å²) in [6.45, 7) is 7.90. The summed E-state index contributed by atoms with van der Waals surface area (Å²) in [7, 11) is 6.51. The van der Waals surface area contributed by atoms with Crippen molar-refractivity contribution in [3.63, 3.8) is 0 Å². The summed E-state index contributed by atoms with van der Waals surface area (Å²) in [5.41, 5.74) is 1.39. The number of rotatable bonds is 4. The minimum atomic E-state index is 0.504. The van der Waals surface area contributed by atoms with Crippen LogP contribution in [0.2, 0.25) is 0 Å². The summed E-state index contributed by atoms with van der Waals surface area (Å²) in [5.74, 6) is 0. The molecule has 0 spiro atoms. The molecule has 0 aromatic rings. The zero-order valence-corrected chi connectivity index (χ0v) is 11.5. The molecule has 1 N–H and O–H groups in total. The topological polar surface area (TPSA) is 18.5 Å². The molecule has 0 aliphatic carbocycles. The molecule has 1 aliphatic heterocycles. The Labute approximate surface area is 100 Å². The molecular formula is C13H27N3. The van der Waals surface area contributed by atoms with Gasteiger partial charge in [0.05, 0.1) is 0 Å². The normalized spacial score (nSPS) is 25.4. The molecule has 3 nitrogen and oxygen atoms in total. The third-order valence-corrected chi connectivity index (χ3v) is 3.41. The van der Waals surface area contributed by atoms with E-state index in [0.29, 0.717) is 12.1 Å². The lowest BCUT2D eigenvalue weighted by Gasteiger charge is -2.39. The minimum absolute atomic E-state index is 0.504. The Hall–Kier alpha value is -0.380. The number of hydrogen-bond donors (Lipinski definition) is 1. The van der Waals surface area contributed by atoms with Crippen LogP contribution in [-0.2, 0) is 0 Å². The highest BCUT2D eigenvalue weighted by molar-refractivity contribution is 5.02. The lowest BCUT2D eigenvalue weighted by atomic mass is 10.0. The maximum absolute atomic E-state index is 3.39. The van der Waals surface area contributed by atoms with Crippen LogP contribution in [0, 0.1) is 0 Å². The first-order chi connectivity index (χ1) is 7.52. The molecule has 0 radical (unpaired) electrons. The van der Waals surface area contributed by atoms with Crippen molar-refractivity contribution in [2.24, 2.45) is 0 Å². The predicted octanol–water partition coefficient (Wildman–Crippen LogP) is 1.18. The summed E-state index contributed by atoms with van der Waals surface area (Å²) >= 11 is 0. The SMILES string of the molecule is CNC(C=C(C)C)CC1CN(C)CCN1C. The van der Waals surface area contributed by atoms with E-state index >= 15 is 0 Å². The van der Waals surface area contributed by atoms with E-state index in [4.69, 9.17) is 0 Å². The third-order valence-electron chi connectivity index (χ3n) is 3.41. The summed E-state index contributed by atoms with van der Waals surface area (Å²) in [5, 5.41) is 3.39. The molecule has 1 heterocycles. The highest BCUT2D eigenvalue weighted by Gasteiger charge is 2.23. The molecule has 2 unspecified atom stereocenters. The van der Waals surface area contributed by atoms with Crippen LogP contribution in [0.25, 0.3) is 0 Å². The van der Waals surface area contributed by atoms with E-state index in [1.165, 1.54) is 31.6 Å². The highest BCUT2D eigenvalue weighted by Crippen LogP contribution is 2.13. The molecule has 1 aliphatic rings. The van der Waals surface area contributed by atoms with E-state index in [2.05, 4.69) is 56.2 Å². The van der Waals surface area contributed by atoms with E-state index < -0.39 is 0 Å². The van der Waals surface area contributed by atoms with Crippen LogP contribution in [0.1, 0.15) is 20.3 Å². The fraction of sp³-hybridized carbons (Fsp3) is 0.846. The summed E-state index contributed by atoms with van der Waals surface area (Å²) in [4.78, 5) is 4.92. The van der Waals surface area contributed by atoms with Crippen LogP contribution in [0.3, 0.4) is 0 Å². The lowest BCUT2D eigenvalue weighted by Crippen LogP contribution is -2.51. The quantitative estimate of drug-likeness (QED) is 0.725. The summed E-state index contributed by atoms with van der Waals surface area (Å²) < 4.78 is 0. The number of piperazine rings is 1. The Morgan fingerprint density at radius 1 is 1.38 bits per heavy atom. The molecule has 94 valence electrons. The molecule has 0 amide bonds. The number of nitrogens with one attached hydrogen (secondary N) is 1. The van der Waals surface area contributed by atoms with Crippen molar-refractivity contribution in [2.75, 3.05) is 40.8 Å². The maximum atomic E-state index is 3.39. The summed E-state index contributed by atoms with van der Waals surface area (Å²) in [6, 6.07) is 1.18. The predicted molar refractivity (Wildman–Crippen MR) is 70.8 cm³/mol. The lowest BCUT2D eigenvalue weighted by molar-refractivity contribution is 0.105. The largest absolute Gasteiger partial charge is 0.313 e. The monoisotopic (exact) mass is 225 g/mol. The van der Waals surface area contributed by atoms with Crippen LogP contribution < -0.4 is 5.32 Å². The number of nitrogens with zero attached hydrogens (tertiary/aromatic N) is 2. The van der Waals surface area contributed by atoms with Crippen LogP contribution in [0.4, 0.5) is 0 Å². The Morgan fingerprint density at radius 3 is 2.62 bits per heavy atom. The van der Waals surface area contributed by atoms with Crippen LogP contribution in [0.5, 0.6) is 0 Å². The van der Waals surface area contributed by atoms with Crippen LogP contribution in [-0.4, -0.2) is 62.7 Å². The van der Waals surface area contributed by atoms with Gasteiger partial charge in [0.25, 0.3) is 0 Å². The van der Waals surface area contributed by atoms with Crippen molar-refractivity contribution in [1.82, 2.24) is 15.1 Å². The van der Waals surface area contributed by atoms with Crippen LogP contribution in [0.15, 0.2) is 11.6 Å². The van der Waals surface area contributed by atoms with Gasteiger partial charge in [0, 0.05) is 31.7 Å². The van der Waals surface area contributed by atoms with Crippen molar-refractivity contribution < 1.29 is 0 Å². The van der Waals surface area contributed by atoms with Gasteiger partial charge in [-0.05, 0) is 41.4 Å². The first kappa shape index (κ1) is 13.7. The van der Waals surface area contributed by atoms with Gasteiger partial charge in [0.1, 0.15) is 0 Å². The molecule has 1 rings (SSSR count). The second-order valence-corrected chi connectivity index (χ2v) is 5.27. The zero-order valence-electron chi connectivity index (χ0n) is 11.5. The Bertz CT molecular complexity index is 233. The molecule has 1 saturated heterocycles. The Balaban J connectivity index is 2.52. The van der Waals surface area contributed by atoms with Crippen molar-refractivity contribution in [3.8, 4) is 0 Å². The average molecular weight is 225 g/mol. The van der Waals surface area contributed by atoms with Crippen molar-refractivity contribution in [3.05, 3.63) is 11.6 Å². The van der Waals surface area contributed by atoms with Gasteiger partial charge < -0.3 is 15.1 Å². The highest BCUT2D eigenvalue weighted by atomic mass is 15.3. The number of hydrogen-bond acceptors (Lipinski definition) is 3. The second-order valence-electron chi connectivity index (χ2n) is 5.27. The zero-order chi connectivity index (χ0) is 12.1. The van der Waals surface area contributed by atoms with Gasteiger partial charge in [-0.25, -0.2) is 0 Å². The molecular weight excluding hydrogens is 198 g/mol. The van der Waals surface area contributed by atoms with Gasteiger partial charge in [0.2, 0.25) is 0 Å². The van der Waals surface area contributed by atoms with Gasteiger partial charge in [-0.3, -0.25) is 0 Å². The fourth-order valence-electron chi connectivity index (χ4n) is 2.32. The summed E-state index contributed by atoms with van der Waals surface area (Å²) in [6.07, 6.45) is 3.53. The van der Waals surface area contributed by atoms with Gasteiger partial charge in [-0.15, -0.1) is 0 Å². The molecule has 0 saturated carbocycles. The third kappa shape index (κ3) is 4.24.